The van der Waals surface area contributed by atoms with Gasteiger partial charge in [-0.05, 0) is 49.6 Å². The first-order chi connectivity index (χ1) is 11.6. The fourth-order valence-corrected chi connectivity index (χ4v) is 3.22. The Kier molecular flexibility index (Phi) is 7.08. The van der Waals surface area contributed by atoms with Crippen LogP contribution in [-0.4, -0.2) is 44.1 Å². The van der Waals surface area contributed by atoms with Crippen LogP contribution in [0.5, 0.6) is 5.75 Å². The van der Waals surface area contributed by atoms with E-state index >= 15 is 0 Å². The van der Waals surface area contributed by atoms with Gasteiger partial charge < -0.3 is 20.3 Å². The molecule has 1 aromatic rings. The average molecular weight is 368 g/mol. The summed E-state index contributed by atoms with van der Waals surface area (Å²) in [7, 11) is 0. The molecule has 0 spiro atoms. The van der Waals surface area contributed by atoms with Crippen molar-refractivity contribution in [2.45, 2.75) is 32.2 Å². The second-order valence-electron chi connectivity index (χ2n) is 6.58. The minimum atomic E-state index is -0.102. The van der Waals surface area contributed by atoms with Crippen molar-refractivity contribution in [1.82, 2.24) is 10.6 Å². The highest BCUT2D eigenvalue weighted by atomic mass is 35.5. The zero-order valence-corrected chi connectivity index (χ0v) is 15.3. The molecule has 2 heterocycles. The van der Waals surface area contributed by atoms with Gasteiger partial charge in [-0.15, -0.1) is 12.4 Å². The molecule has 2 aliphatic rings. The predicted octanol–water partition coefficient (Wildman–Crippen LogP) is 1.73. The van der Waals surface area contributed by atoms with Gasteiger partial charge in [-0.3, -0.25) is 9.59 Å². The van der Waals surface area contributed by atoms with Crippen LogP contribution in [0.3, 0.4) is 0 Å². The summed E-state index contributed by atoms with van der Waals surface area (Å²) < 4.78 is 5.55. The number of hydrogen-bond donors (Lipinski definition) is 2. The summed E-state index contributed by atoms with van der Waals surface area (Å²) in [6, 6.07) is 7.50. The molecule has 2 N–H and O–H groups in total. The summed E-state index contributed by atoms with van der Waals surface area (Å²) in [6.07, 6.45) is 2.60. The van der Waals surface area contributed by atoms with Gasteiger partial charge in [0.15, 0.2) is 6.61 Å². The third-order valence-electron chi connectivity index (χ3n) is 4.77. The lowest BCUT2D eigenvalue weighted by molar-refractivity contribution is -0.124. The Balaban J connectivity index is 0.00000225. The minimum absolute atomic E-state index is 0. The van der Waals surface area contributed by atoms with Gasteiger partial charge >= 0.3 is 0 Å². The van der Waals surface area contributed by atoms with E-state index in [0.29, 0.717) is 18.1 Å². The molecule has 138 valence electrons. The quantitative estimate of drug-likeness (QED) is 0.831. The number of rotatable bonds is 5. The fraction of sp³-hybridized carbons (Fsp3) is 0.556. The number of carbonyl (C=O) groups is 2. The molecule has 0 saturated carbocycles. The highest BCUT2D eigenvalue weighted by Crippen LogP contribution is 2.23. The Bertz CT molecular complexity index is 594. The monoisotopic (exact) mass is 367 g/mol. The van der Waals surface area contributed by atoms with Gasteiger partial charge in [-0.2, -0.15) is 0 Å². The largest absolute Gasteiger partial charge is 0.484 e. The van der Waals surface area contributed by atoms with Crippen LogP contribution in [0.1, 0.15) is 26.2 Å². The smallest absolute Gasteiger partial charge is 0.258 e. The van der Waals surface area contributed by atoms with E-state index < -0.39 is 0 Å². The predicted molar refractivity (Wildman–Crippen MR) is 99.4 cm³/mol. The van der Waals surface area contributed by atoms with Crippen LogP contribution in [-0.2, 0) is 9.59 Å². The number of hydrogen-bond acceptors (Lipinski definition) is 4. The maximum Gasteiger partial charge on any atom is 0.258 e. The van der Waals surface area contributed by atoms with E-state index in [2.05, 4.69) is 17.6 Å². The van der Waals surface area contributed by atoms with Crippen molar-refractivity contribution >= 4 is 29.9 Å². The van der Waals surface area contributed by atoms with Crippen molar-refractivity contribution in [3.63, 3.8) is 0 Å². The van der Waals surface area contributed by atoms with Crippen molar-refractivity contribution in [3.05, 3.63) is 24.3 Å². The molecule has 25 heavy (non-hydrogen) atoms. The maximum absolute atomic E-state index is 12.0. The summed E-state index contributed by atoms with van der Waals surface area (Å²) in [5.41, 5.74) is 0.886. The van der Waals surface area contributed by atoms with Crippen molar-refractivity contribution in [2.24, 2.45) is 5.92 Å². The number of halogens is 1. The Morgan fingerprint density at radius 3 is 2.76 bits per heavy atom. The van der Waals surface area contributed by atoms with E-state index in [1.54, 1.807) is 17.0 Å². The Hall–Kier alpha value is -1.79. The van der Waals surface area contributed by atoms with E-state index in [9.17, 15) is 9.59 Å². The van der Waals surface area contributed by atoms with Gasteiger partial charge in [0.05, 0.1) is 0 Å². The SMILES string of the molecule is CC1CCNCC1NC(=O)COc1ccc(N2CCCC2=O)cc1.Cl. The molecular formula is C18H26ClN3O3. The zero-order valence-electron chi connectivity index (χ0n) is 14.5. The summed E-state index contributed by atoms with van der Waals surface area (Å²) in [4.78, 5) is 25.5. The van der Waals surface area contributed by atoms with Crippen molar-refractivity contribution in [1.29, 1.82) is 0 Å². The molecule has 0 aliphatic carbocycles. The van der Waals surface area contributed by atoms with E-state index in [-0.39, 0.29) is 36.9 Å². The lowest BCUT2D eigenvalue weighted by atomic mass is 9.95. The molecule has 2 amide bonds. The molecule has 2 saturated heterocycles. The number of nitrogens with zero attached hydrogens (tertiary/aromatic N) is 1. The number of benzene rings is 1. The molecule has 2 unspecified atom stereocenters. The molecule has 0 radical (unpaired) electrons. The van der Waals surface area contributed by atoms with Crippen LogP contribution >= 0.6 is 12.4 Å². The molecular weight excluding hydrogens is 342 g/mol. The Morgan fingerprint density at radius 1 is 1.36 bits per heavy atom. The van der Waals surface area contributed by atoms with Crippen LogP contribution in [0.2, 0.25) is 0 Å². The summed E-state index contributed by atoms with van der Waals surface area (Å²) >= 11 is 0. The molecule has 2 atom stereocenters. The number of carbonyl (C=O) groups excluding carboxylic acids is 2. The molecule has 2 fully saturated rings. The van der Waals surface area contributed by atoms with E-state index in [1.807, 2.05) is 12.1 Å². The molecule has 0 aromatic heterocycles. The third kappa shape index (κ3) is 5.09. The van der Waals surface area contributed by atoms with Crippen molar-refractivity contribution in [3.8, 4) is 5.75 Å². The van der Waals surface area contributed by atoms with Gasteiger partial charge in [0.25, 0.3) is 5.91 Å². The molecule has 2 aliphatic heterocycles. The average Bonchev–Trinajstić information content (AvgIpc) is 3.02. The van der Waals surface area contributed by atoms with E-state index in [0.717, 1.165) is 38.2 Å². The highest BCUT2D eigenvalue weighted by molar-refractivity contribution is 5.95. The normalized spacial score (nSPS) is 23.1. The number of piperidine rings is 1. The first-order valence-corrected chi connectivity index (χ1v) is 8.67. The van der Waals surface area contributed by atoms with Crippen LogP contribution in [0.4, 0.5) is 5.69 Å². The summed E-state index contributed by atoms with van der Waals surface area (Å²) in [6.45, 7) is 4.76. The van der Waals surface area contributed by atoms with Gasteiger partial charge in [-0.25, -0.2) is 0 Å². The molecule has 0 bridgehead atoms. The van der Waals surface area contributed by atoms with Crippen molar-refractivity contribution < 1.29 is 14.3 Å². The minimum Gasteiger partial charge on any atom is -0.484 e. The summed E-state index contributed by atoms with van der Waals surface area (Å²) in [5, 5.41) is 6.31. The second kappa shape index (κ2) is 9.06. The van der Waals surface area contributed by atoms with Gasteiger partial charge in [0.1, 0.15) is 5.75 Å². The van der Waals surface area contributed by atoms with Crippen LogP contribution in [0.15, 0.2) is 24.3 Å². The molecule has 3 rings (SSSR count). The lowest BCUT2D eigenvalue weighted by Gasteiger charge is -2.30. The first kappa shape index (κ1) is 19.5. The van der Waals surface area contributed by atoms with E-state index in [1.165, 1.54) is 0 Å². The number of anilines is 1. The van der Waals surface area contributed by atoms with Gasteiger partial charge in [-0.1, -0.05) is 6.92 Å². The van der Waals surface area contributed by atoms with Gasteiger partial charge in [0, 0.05) is 31.2 Å². The van der Waals surface area contributed by atoms with Gasteiger partial charge in [0.2, 0.25) is 5.91 Å². The number of ether oxygens (including phenoxy) is 1. The van der Waals surface area contributed by atoms with E-state index in [4.69, 9.17) is 4.74 Å². The Morgan fingerprint density at radius 2 is 2.12 bits per heavy atom. The second-order valence-corrected chi connectivity index (χ2v) is 6.58. The first-order valence-electron chi connectivity index (χ1n) is 8.67. The summed E-state index contributed by atoms with van der Waals surface area (Å²) in [5.74, 6) is 1.18. The van der Waals surface area contributed by atoms with Crippen LogP contribution < -0.4 is 20.3 Å². The lowest BCUT2D eigenvalue weighted by Crippen LogP contribution is -2.51. The van der Waals surface area contributed by atoms with Crippen LogP contribution in [0, 0.1) is 5.92 Å². The third-order valence-corrected chi connectivity index (χ3v) is 4.77. The topological polar surface area (TPSA) is 70.7 Å². The molecule has 6 nitrogen and oxygen atoms in total. The highest BCUT2D eigenvalue weighted by Gasteiger charge is 2.23. The number of amides is 2. The van der Waals surface area contributed by atoms with Crippen molar-refractivity contribution in [2.75, 3.05) is 31.1 Å². The maximum atomic E-state index is 12.0. The molecule has 1 aromatic carbocycles. The number of nitrogens with one attached hydrogen (secondary N) is 2. The Labute approximate surface area is 154 Å². The fourth-order valence-electron chi connectivity index (χ4n) is 3.22. The molecule has 7 heteroatoms. The van der Waals surface area contributed by atoms with Crippen LogP contribution in [0.25, 0.3) is 0 Å². The standard InChI is InChI=1S/C18H25N3O3.ClH/c1-13-8-9-19-11-16(13)20-17(22)12-24-15-6-4-14(5-7-15)21-10-2-3-18(21)23;/h4-7,13,16,19H,2-3,8-12H2,1H3,(H,20,22);1H. The zero-order chi connectivity index (χ0) is 16.9.